The van der Waals surface area contributed by atoms with E-state index >= 15 is 0 Å². The summed E-state index contributed by atoms with van der Waals surface area (Å²) < 4.78 is 9.29. The van der Waals surface area contributed by atoms with Gasteiger partial charge in [0, 0.05) is 44.1 Å². The molecule has 7 heteroatoms. The van der Waals surface area contributed by atoms with Crippen molar-refractivity contribution in [3.05, 3.63) is 71.9 Å². The zero-order chi connectivity index (χ0) is 21.3. The van der Waals surface area contributed by atoms with Gasteiger partial charge in [-0.05, 0) is 29.8 Å². The van der Waals surface area contributed by atoms with Crippen molar-refractivity contribution in [1.82, 2.24) is 4.90 Å². The van der Waals surface area contributed by atoms with Crippen molar-refractivity contribution in [1.29, 1.82) is 0 Å². The lowest BCUT2D eigenvalue weighted by atomic mass is 10.2. The minimum Gasteiger partial charge on any atom is -0.466 e. The van der Waals surface area contributed by atoms with Gasteiger partial charge in [-0.25, -0.2) is 9.59 Å². The van der Waals surface area contributed by atoms with Crippen LogP contribution in [0.2, 0.25) is 0 Å². The number of methoxy groups -OCH3 is 2. The van der Waals surface area contributed by atoms with Crippen molar-refractivity contribution in [2.75, 3.05) is 50.6 Å². The molecule has 0 aromatic heterocycles. The normalized spacial score (nSPS) is 14.9. The first-order valence-corrected chi connectivity index (χ1v) is 9.85. The number of hydrogen-bond acceptors (Lipinski definition) is 7. The van der Waals surface area contributed by atoms with Crippen molar-refractivity contribution in [2.24, 2.45) is 0 Å². The van der Waals surface area contributed by atoms with Gasteiger partial charge in [-0.1, -0.05) is 30.3 Å². The maximum absolute atomic E-state index is 11.9. The Morgan fingerprint density at radius 2 is 1.60 bits per heavy atom. The molecule has 158 valence electrons. The summed E-state index contributed by atoms with van der Waals surface area (Å²) >= 11 is 0. The maximum Gasteiger partial charge on any atom is 0.354 e. The molecule has 1 fully saturated rings. The van der Waals surface area contributed by atoms with Crippen molar-refractivity contribution < 1.29 is 19.1 Å². The van der Waals surface area contributed by atoms with E-state index in [1.165, 1.54) is 19.8 Å². The number of rotatable bonds is 7. The Balaban J connectivity index is 1.57. The maximum atomic E-state index is 11.9. The highest BCUT2D eigenvalue weighted by atomic mass is 16.5. The number of ether oxygens (including phenoxy) is 2. The molecule has 1 saturated heterocycles. The highest BCUT2D eigenvalue weighted by molar-refractivity contribution is 5.98. The molecule has 1 aliphatic heterocycles. The fourth-order valence-electron chi connectivity index (χ4n) is 3.35. The first-order chi connectivity index (χ1) is 14.6. The van der Waals surface area contributed by atoms with Gasteiger partial charge in [0.15, 0.2) is 0 Å². The van der Waals surface area contributed by atoms with Crippen LogP contribution in [-0.4, -0.2) is 57.2 Å². The van der Waals surface area contributed by atoms with E-state index in [1.54, 1.807) is 0 Å². The van der Waals surface area contributed by atoms with Crippen LogP contribution in [0, 0.1) is 0 Å². The summed E-state index contributed by atoms with van der Waals surface area (Å²) in [6.07, 6.45) is 1.08. The molecule has 1 N–H and O–H groups in total. The van der Waals surface area contributed by atoms with E-state index < -0.39 is 11.9 Å². The van der Waals surface area contributed by atoms with E-state index in [0.29, 0.717) is 5.69 Å². The second-order valence-corrected chi connectivity index (χ2v) is 6.99. The predicted molar refractivity (Wildman–Crippen MR) is 116 cm³/mol. The number of esters is 2. The van der Waals surface area contributed by atoms with Crippen LogP contribution in [0.25, 0.3) is 0 Å². The first kappa shape index (κ1) is 21.4. The van der Waals surface area contributed by atoms with Crippen LogP contribution in [0.5, 0.6) is 0 Å². The molecule has 0 aliphatic carbocycles. The van der Waals surface area contributed by atoms with Gasteiger partial charge in [-0.3, -0.25) is 4.90 Å². The summed E-state index contributed by atoms with van der Waals surface area (Å²) in [5.74, 6) is -1.27. The largest absolute Gasteiger partial charge is 0.466 e. The van der Waals surface area contributed by atoms with Crippen molar-refractivity contribution in [2.45, 2.75) is 6.54 Å². The SMILES string of the molecule is COC(=O)/C=C(/Nc1ccc(N2CCN(Cc3ccccc3)CC2)cc1)C(=O)OC. The molecule has 0 amide bonds. The van der Waals surface area contributed by atoms with Crippen LogP contribution in [0.15, 0.2) is 66.4 Å². The van der Waals surface area contributed by atoms with Crippen LogP contribution in [0.4, 0.5) is 11.4 Å². The van der Waals surface area contributed by atoms with Crippen molar-refractivity contribution in [3.8, 4) is 0 Å². The van der Waals surface area contributed by atoms with Crippen LogP contribution >= 0.6 is 0 Å². The second kappa shape index (κ2) is 10.5. The zero-order valence-electron chi connectivity index (χ0n) is 17.3. The van der Waals surface area contributed by atoms with E-state index in [9.17, 15) is 9.59 Å². The Morgan fingerprint density at radius 3 is 2.20 bits per heavy atom. The van der Waals surface area contributed by atoms with Gasteiger partial charge in [0.25, 0.3) is 0 Å². The average molecular weight is 409 g/mol. The van der Waals surface area contributed by atoms with E-state index in [2.05, 4.69) is 44.1 Å². The molecular weight excluding hydrogens is 382 g/mol. The minimum atomic E-state index is -0.640. The van der Waals surface area contributed by atoms with Gasteiger partial charge >= 0.3 is 11.9 Å². The van der Waals surface area contributed by atoms with Gasteiger partial charge in [-0.2, -0.15) is 0 Å². The molecule has 1 aliphatic rings. The van der Waals surface area contributed by atoms with Gasteiger partial charge in [0.1, 0.15) is 5.70 Å². The molecule has 0 saturated carbocycles. The summed E-state index contributed by atoms with van der Waals surface area (Å²) in [5.41, 5.74) is 3.16. The molecule has 0 radical (unpaired) electrons. The standard InChI is InChI=1S/C23H27N3O4/c1-29-22(27)16-21(23(28)30-2)24-19-8-10-20(11-9-19)26-14-12-25(13-15-26)17-18-6-4-3-5-7-18/h3-11,16,24H,12-15,17H2,1-2H3/b21-16+. The molecule has 7 nitrogen and oxygen atoms in total. The first-order valence-electron chi connectivity index (χ1n) is 9.85. The number of hydrogen-bond donors (Lipinski definition) is 1. The second-order valence-electron chi connectivity index (χ2n) is 6.99. The monoisotopic (exact) mass is 409 g/mol. The molecule has 2 aromatic carbocycles. The number of anilines is 2. The molecule has 0 atom stereocenters. The molecule has 0 unspecified atom stereocenters. The molecular formula is C23H27N3O4. The Kier molecular flexibility index (Phi) is 7.45. The summed E-state index contributed by atoms with van der Waals surface area (Å²) in [6.45, 7) is 4.89. The molecule has 1 heterocycles. The van der Waals surface area contributed by atoms with E-state index in [1.807, 2.05) is 30.3 Å². The lowest BCUT2D eigenvalue weighted by Gasteiger charge is -2.36. The number of benzene rings is 2. The third kappa shape index (κ3) is 5.84. The van der Waals surface area contributed by atoms with Crippen LogP contribution in [0.1, 0.15) is 5.56 Å². The predicted octanol–water partition coefficient (Wildman–Crippen LogP) is 2.65. The van der Waals surface area contributed by atoms with Crippen LogP contribution in [0.3, 0.4) is 0 Å². The Morgan fingerprint density at radius 1 is 0.933 bits per heavy atom. The van der Waals surface area contributed by atoms with Crippen molar-refractivity contribution in [3.63, 3.8) is 0 Å². The van der Waals surface area contributed by atoms with Gasteiger partial charge in [-0.15, -0.1) is 0 Å². The highest BCUT2D eigenvalue weighted by Crippen LogP contribution is 2.21. The number of carbonyl (C=O) groups is 2. The Bertz CT molecular complexity index is 873. The van der Waals surface area contributed by atoms with E-state index in [4.69, 9.17) is 4.74 Å². The number of piperazine rings is 1. The van der Waals surface area contributed by atoms with Gasteiger partial charge in [0.2, 0.25) is 0 Å². The van der Waals surface area contributed by atoms with Crippen LogP contribution < -0.4 is 10.2 Å². The topological polar surface area (TPSA) is 71.1 Å². The molecule has 3 rings (SSSR count). The average Bonchev–Trinajstić information content (AvgIpc) is 2.79. The molecule has 0 spiro atoms. The van der Waals surface area contributed by atoms with Gasteiger partial charge in [0.05, 0.1) is 20.3 Å². The van der Waals surface area contributed by atoms with E-state index in [-0.39, 0.29) is 5.70 Å². The number of carbonyl (C=O) groups excluding carboxylic acids is 2. The molecule has 0 bridgehead atoms. The lowest BCUT2D eigenvalue weighted by Crippen LogP contribution is -2.45. The zero-order valence-corrected chi connectivity index (χ0v) is 17.3. The summed E-state index contributed by atoms with van der Waals surface area (Å²) in [4.78, 5) is 28.2. The Hall–Kier alpha value is -3.32. The third-order valence-corrected chi connectivity index (χ3v) is 5.00. The smallest absolute Gasteiger partial charge is 0.354 e. The minimum absolute atomic E-state index is 0.0200. The number of nitrogens with one attached hydrogen (secondary N) is 1. The van der Waals surface area contributed by atoms with Gasteiger partial charge < -0.3 is 19.7 Å². The lowest BCUT2D eigenvalue weighted by molar-refractivity contribution is -0.138. The summed E-state index contributed by atoms with van der Waals surface area (Å²) in [5, 5.41) is 2.92. The fraction of sp³-hybridized carbons (Fsp3) is 0.304. The summed E-state index contributed by atoms with van der Waals surface area (Å²) in [6, 6.07) is 18.3. The highest BCUT2D eigenvalue weighted by Gasteiger charge is 2.18. The molecule has 30 heavy (non-hydrogen) atoms. The van der Waals surface area contributed by atoms with E-state index in [0.717, 1.165) is 44.5 Å². The quantitative estimate of drug-likeness (QED) is 0.557. The number of nitrogens with zero attached hydrogens (tertiary/aromatic N) is 2. The van der Waals surface area contributed by atoms with Crippen LogP contribution in [-0.2, 0) is 25.6 Å². The molecule has 2 aromatic rings. The summed E-state index contributed by atoms with van der Waals surface area (Å²) in [7, 11) is 2.51. The van der Waals surface area contributed by atoms with Crippen molar-refractivity contribution >= 4 is 23.3 Å². The fourth-order valence-corrected chi connectivity index (χ4v) is 3.35. The Labute approximate surface area is 176 Å². The third-order valence-electron chi connectivity index (χ3n) is 5.00.